The van der Waals surface area contributed by atoms with Crippen LogP contribution in [0.3, 0.4) is 0 Å². The summed E-state index contributed by atoms with van der Waals surface area (Å²) in [6.45, 7) is 3.47. The lowest BCUT2D eigenvalue weighted by Gasteiger charge is -2.16. The third-order valence-corrected chi connectivity index (χ3v) is 5.82. The van der Waals surface area contributed by atoms with Gasteiger partial charge < -0.3 is 26.7 Å². The highest BCUT2D eigenvalue weighted by atomic mass is 19.1. The Balaban J connectivity index is 1.48. The second kappa shape index (κ2) is 8.39. The molecule has 1 saturated carbocycles. The van der Waals surface area contributed by atoms with Gasteiger partial charge in [-0.2, -0.15) is 0 Å². The summed E-state index contributed by atoms with van der Waals surface area (Å²) in [5, 5.41) is 6.52. The molecular formula is C23H26FN5O2. The summed E-state index contributed by atoms with van der Waals surface area (Å²) in [7, 11) is 0. The predicted molar refractivity (Wildman–Crippen MR) is 121 cm³/mol. The zero-order chi connectivity index (χ0) is 22.1. The van der Waals surface area contributed by atoms with Crippen molar-refractivity contribution in [3.05, 3.63) is 69.8 Å². The largest absolute Gasteiger partial charge is 0.396 e. The predicted octanol–water partition coefficient (Wildman–Crippen LogP) is 2.40. The van der Waals surface area contributed by atoms with Crippen LogP contribution < -0.4 is 27.5 Å². The molecule has 6 N–H and O–H groups in total. The average Bonchev–Trinajstić information content (AvgIpc) is 3.54. The minimum absolute atomic E-state index is 0.0250. The topological polar surface area (TPSA) is 115 Å². The van der Waals surface area contributed by atoms with E-state index in [9.17, 15) is 14.0 Å². The van der Waals surface area contributed by atoms with E-state index in [4.69, 9.17) is 11.5 Å². The number of nitrogens with two attached hydrogens (primary N) is 2. The molecule has 0 spiro atoms. The Hall–Kier alpha value is -3.39. The molecule has 0 aliphatic heterocycles. The van der Waals surface area contributed by atoms with Gasteiger partial charge in [0.25, 0.3) is 5.91 Å². The van der Waals surface area contributed by atoms with Gasteiger partial charge in [0.2, 0.25) is 5.43 Å². The maximum absolute atomic E-state index is 14.9. The molecule has 4 rings (SSSR count). The number of anilines is 2. The number of carbonyl (C=O) groups is 1. The Morgan fingerprint density at radius 2 is 2.00 bits per heavy atom. The lowest BCUT2D eigenvalue weighted by atomic mass is 10.1. The van der Waals surface area contributed by atoms with Gasteiger partial charge in [-0.05, 0) is 25.0 Å². The van der Waals surface area contributed by atoms with Gasteiger partial charge in [-0.1, -0.05) is 30.3 Å². The van der Waals surface area contributed by atoms with Crippen molar-refractivity contribution >= 4 is 28.2 Å². The van der Waals surface area contributed by atoms with Crippen LogP contribution in [0.15, 0.2) is 47.4 Å². The van der Waals surface area contributed by atoms with E-state index in [-0.39, 0.29) is 22.3 Å². The monoisotopic (exact) mass is 423 g/mol. The number of hydrogen-bond donors (Lipinski definition) is 4. The van der Waals surface area contributed by atoms with Crippen molar-refractivity contribution < 1.29 is 9.18 Å². The summed E-state index contributed by atoms with van der Waals surface area (Å²) in [5.41, 5.74) is 12.1. The molecule has 162 valence electrons. The van der Waals surface area contributed by atoms with E-state index >= 15 is 0 Å². The molecule has 1 aliphatic carbocycles. The number of nitrogen functional groups attached to an aromatic ring is 1. The van der Waals surface area contributed by atoms with E-state index in [1.165, 1.54) is 11.8 Å². The van der Waals surface area contributed by atoms with E-state index in [1.54, 1.807) is 10.6 Å². The molecular weight excluding hydrogens is 397 g/mol. The van der Waals surface area contributed by atoms with Crippen LogP contribution in [0.1, 0.15) is 35.2 Å². The zero-order valence-electron chi connectivity index (χ0n) is 17.3. The Morgan fingerprint density at radius 1 is 1.26 bits per heavy atom. The number of benzene rings is 2. The van der Waals surface area contributed by atoms with Crippen molar-refractivity contribution in [3.8, 4) is 0 Å². The molecule has 31 heavy (non-hydrogen) atoms. The number of fused-ring (bicyclic) bond motifs is 1. The molecule has 3 aromatic rings. The van der Waals surface area contributed by atoms with Crippen LogP contribution in [0.25, 0.3) is 10.9 Å². The Bertz CT molecular complexity index is 1190. The van der Waals surface area contributed by atoms with Crippen LogP contribution in [0.5, 0.6) is 0 Å². The van der Waals surface area contributed by atoms with Crippen LogP contribution in [-0.4, -0.2) is 29.6 Å². The standard InChI is InChI=1S/C23H26FN5O2/c1-2-29-12-15(23(26)31)22(30)19-18(29)11-17(20(24)21(19)25)28-9-8-27-16-10-14(16)13-6-4-3-5-7-13/h3-7,11-12,14,16,27-28H,2,8-10,25H2,1H3,(H2,26,31)/t14-,16+/m0/s1. The lowest BCUT2D eigenvalue weighted by molar-refractivity contribution is 0.0999. The number of amides is 1. The number of pyridine rings is 1. The van der Waals surface area contributed by atoms with Gasteiger partial charge in [0.15, 0.2) is 5.82 Å². The first kappa shape index (κ1) is 20.9. The number of halogens is 1. The van der Waals surface area contributed by atoms with Crippen molar-refractivity contribution in [1.29, 1.82) is 0 Å². The Labute approximate surface area is 179 Å². The SMILES string of the molecule is CCn1cc(C(N)=O)c(=O)c2c(N)c(F)c(NCCN[C@@H]3C[C@H]3c3ccccc3)cc21. The number of nitrogens with one attached hydrogen (secondary N) is 2. The summed E-state index contributed by atoms with van der Waals surface area (Å²) >= 11 is 0. The second-order valence-electron chi connectivity index (χ2n) is 7.81. The molecule has 1 heterocycles. The van der Waals surface area contributed by atoms with E-state index in [0.717, 1.165) is 6.42 Å². The molecule has 8 heteroatoms. The highest BCUT2D eigenvalue weighted by Gasteiger charge is 2.37. The minimum atomic E-state index is -0.865. The molecule has 1 fully saturated rings. The quantitative estimate of drug-likeness (QED) is 0.328. The number of nitrogens with zero attached hydrogens (tertiary/aromatic N) is 1. The fourth-order valence-corrected chi connectivity index (χ4v) is 4.06. The van der Waals surface area contributed by atoms with E-state index < -0.39 is 17.2 Å². The van der Waals surface area contributed by atoms with E-state index in [0.29, 0.717) is 37.1 Å². The summed E-state index contributed by atoms with van der Waals surface area (Å²) in [4.78, 5) is 24.2. The molecule has 7 nitrogen and oxygen atoms in total. The van der Waals surface area contributed by atoms with Gasteiger partial charge in [0.1, 0.15) is 5.56 Å². The maximum atomic E-state index is 14.9. The summed E-state index contributed by atoms with van der Waals surface area (Å²) in [6, 6.07) is 12.3. The molecule has 1 amide bonds. The van der Waals surface area contributed by atoms with Gasteiger partial charge in [-0.15, -0.1) is 0 Å². The Morgan fingerprint density at radius 3 is 2.68 bits per heavy atom. The van der Waals surface area contributed by atoms with Crippen molar-refractivity contribution in [3.63, 3.8) is 0 Å². The van der Waals surface area contributed by atoms with Crippen LogP contribution in [0.2, 0.25) is 0 Å². The summed E-state index contributed by atoms with van der Waals surface area (Å²) in [6.07, 6.45) is 2.48. The zero-order valence-corrected chi connectivity index (χ0v) is 17.3. The number of rotatable bonds is 8. The molecule has 0 radical (unpaired) electrons. The first-order valence-corrected chi connectivity index (χ1v) is 10.4. The van der Waals surface area contributed by atoms with Crippen LogP contribution in [0.4, 0.5) is 15.8 Å². The second-order valence-corrected chi connectivity index (χ2v) is 7.81. The Kier molecular flexibility index (Phi) is 5.65. The fraction of sp³-hybridized carbons (Fsp3) is 0.304. The van der Waals surface area contributed by atoms with Crippen molar-refractivity contribution in [2.24, 2.45) is 5.73 Å². The van der Waals surface area contributed by atoms with Gasteiger partial charge in [-0.3, -0.25) is 9.59 Å². The summed E-state index contributed by atoms with van der Waals surface area (Å²) < 4.78 is 16.6. The first-order chi connectivity index (χ1) is 14.9. The van der Waals surface area contributed by atoms with Crippen LogP contribution in [0, 0.1) is 5.82 Å². The highest BCUT2D eigenvalue weighted by molar-refractivity contribution is 6.00. The van der Waals surface area contributed by atoms with Gasteiger partial charge in [-0.25, -0.2) is 4.39 Å². The maximum Gasteiger partial charge on any atom is 0.254 e. The summed E-state index contributed by atoms with van der Waals surface area (Å²) in [5.74, 6) is -1.05. The smallest absolute Gasteiger partial charge is 0.254 e. The molecule has 1 aromatic heterocycles. The highest BCUT2D eigenvalue weighted by Crippen LogP contribution is 2.40. The minimum Gasteiger partial charge on any atom is -0.396 e. The third kappa shape index (κ3) is 3.98. The molecule has 0 unspecified atom stereocenters. The van der Waals surface area contributed by atoms with E-state index in [1.807, 2.05) is 25.1 Å². The van der Waals surface area contributed by atoms with Crippen LogP contribution >= 0.6 is 0 Å². The van der Waals surface area contributed by atoms with Crippen molar-refractivity contribution in [1.82, 2.24) is 9.88 Å². The number of carbonyl (C=O) groups excluding carboxylic acids is 1. The molecule has 0 saturated heterocycles. The number of aryl methyl sites for hydroxylation is 1. The fourth-order valence-electron chi connectivity index (χ4n) is 4.06. The lowest BCUT2D eigenvalue weighted by Crippen LogP contribution is -2.26. The van der Waals surface area contributed by atoms with E-state index in [2.05, 4.69) is 22.8 Å². The first-order valence-electron chi connectivity index (χ1n) is 10.4. The van der Waals surface area contributed by atoms with Crippen molar-refractivity contribution in [2.75, 3.05) is 24.1 Å². The van der Waals surface area contributed by atoms with Gasteiger partial charge in [0.05, 0.1) is 22.3 Å². The average molecular weight is 423 g/mol. The number of aromatic nitrogens is 1. The van der Waals surface area contributed by atoms with Crippen molar-refractivity contribution in [2.45, 2.75) is 31.8 Å². The molecule has 1 aliphatic rings. The van der Waals surface area contributed by atoms with Gasteiger partial charge in [0, 0.05) is 37.8 Å². The third-order valence-electron chi connectivity index (χ3n) is 5.82. The normalized spacial score (nSPS) is 17.6. The molecule has 0 bridgehead atoms. The molecule has 2 atom stereocenters. The van der Waals surface area contributed by atoms with Gasteiger partial charge >= 0.3 is 0 Å². The number of primary amides is 1. The number of hydrogen-bond acceptors (Lipinski definition) is 5. The molecule has 2 aromatic carbocycles. The van der Waals surface area contributed by atoms with Crippen LogP contribution in [-0.2, 0) is 6.54 Å².